The molecule has 1 fully saturated rings. The van der Waals surface area contributed by atoms with E-state index in [0.717, 1.165) is 21.7 Å². The lowest BCUT2D eigenvalue weighted by molar-refractivity contribution is -0.101. The molecule has 2 unspecified atom stereocenters. The van der Waals surface area contributed by atoms with Crippen LogP contribution >= 0.6 is 11.3 Å². The van der Waals surface area contributed by atoms with Crippen LogP contribution in [0.15, 0.2) is 60.8 Å². The maximum atomic E-state index is 13.3. The Labute approximate surface area is 216 Å². The predicted molar refractivity (Wildman–Crippen MR) is 141 cm³/mol. The highest BCUT2D eigenvalue weighted by Crippen LogP contribution is 2.42. The van der Waals surface area contributed by atoms with E-state index in [0.29, 0.717) is 24.3 Å². The van der Waals surface area contributed by atoms with Crippen LogP contribution < -0.4 is 0 Å². The number of rotatable bonds is 7. The van der Waals surface area contributed by atoms with Crippen LogP contribution in [0.1, 0.15) is 60.5 Å². The number of ether oxygens (including phenoxy) is 1. The normalized spacial score (nSPS) is 19.1. The molecular formula is C28H33N3O4S. The number of aromatic nitrogens is 1. The van der Waals surface area contributed by atoms with E-state index in [1.807, 2.05) is 61.5 Å². The first-order valence-corrected chi connectivity index (χ1v) is 12.9. The average molecular weight is 508 g/mol. The van der Waals surface area contributed by atoms with Crippen molar-refractivity contribution in [1.29, 1.82) is 0 Å². The molecule has 1 aliphatic rings. The van der Waals surface area contributed by atoms with Crippen molar-refractivity contribution in [2.75, 3.05) is 20.6 Å². The van der Waals surface area contributed by atoms with Gasteiger partial charge in [-0.25, -0.2) is 9.78 Å². The van der Waals surface area contributed by atoms with Crippen LogP contribution in [0.25, 0.3) is 10.6 Å². The first kappa shape index (κ1) is 25.9. The lowest BCUT2D eigenvalue weighted by Gasteiger charge is -2.45. The highest BCUT2D eigenvalue weighted by Gasteiger charge is 2.46. The SMILES string of the molecule is CC(c1ccc(-c2ncc(C(=O)N(C)C)s2)cc1)N1CCC(CC(C)(C)O)(c2ccccc2)OC1=O. The third-order valence-corrected chi connectivity index (χ3v) is 7.56. The first-order valence-electron chi connectivity index (χ1n) is 12.0. The predicted octanol–water partition coefficient (Wildman–Crippen LogP) is 5.47. The number of hydrogen-bond acceptors (Lipinski definition) is 6. The summed E-state index contributed by atoms with van der Waals surface area (Å²) in [4.78, 5) is 33.7. The number of amides is 2. The van der Waals surface area contributed by atoms with E-state index in [4.69, 9.17) is 4.74 Å². The fourth-order valence-electron chi connectivity index (χ4n) is 4.70. The van der Waals surface area contributed by atoms with Gasteiger partial charge in [-0.05, 0) is 31.9 Å². The Morgan fingerprint density at radius 2 is 1.86 bits per heavy atom. The van der Waals surface area contributed by atoms with E-state index >= 15 is 0 Å². The van der Waals surface area contributed by atoms with Crippen LogP contribution in [0.5, 0.6) is 0 Å². The summed E-state index contributed by atoms with van der Waals surface area (Å²) in [6.45, 7) is 5.97. The summed E-state index contributed by atoms with van der Waals surface area (Å²) < 4.78 is 6.11. The van der Waals surface area contributed by atoms with Crippen molar-refractivity contribution in [3.05, 3.63) is 76.8 Å². The van der Waals surface area contributed by atoms with Crippen molar-refractivity contribution in [2.45, 2.75) is 50.9 Å². The van der Waals surface area contributed by atoms with Gasteiger partial charge in [0, 0.05) is 39.0 Å². The molecule has 8 heteroatoms. The molecule has 0 radical (unpaired) electrons. The molecule has 0 spiro atoms. The van der Waals surface area contributed by atoms with Crippen molar-refractivity contribution in [3.8, 4) is 10.6 Å². The second kappa shape index (κ2) is 10.0. The number of aliphatic hydroxyl groups is 1. The molecule has 1 aliphatic heterocycles. The van der Waals surface area contributed by atoms with E-state index in [1.165, 1.54) is 16.2 Å². The molecule has 2 atom stereocenters. The molecule has 0 bridgehead atoms. The Balaban J connectivity index is 1.50. The summed E-state index contributed by atoms with van der Waals surface area (Å²) in [5.74, 6) is -0.0660. The van der Waals surface area contributed by atoms with Gasteiger partial charge in [0.15, 0.2) is 0 Å². The standard InChI is InChI=1S/C28H33N3O4S/c1-19(20-11-13-21(14-12-20)24-29-17-23(36-24)25(32)30(4)5)31-16-15-28(35-26(31)33,18-27(2,3)34)22-9-7-6-8-10-22/h6-14,17,19,34H,15-16,18H2,1-5H3. The third kappa shape index (κ3) is 5.44. The summed E-state index contributed by atoms with van der Waals surface area (Å²) in [6, 6.07) is 17.4. The van der Waals surface area contributed by atoms with Crippen molar-refractivity contribution in [1.82, 2.24) is 14.8 Å². The fourth-order valence-corrected chi connectivity index (χ4v) is 5.65. The van der Waals surface area contributed by atoms with Crippen LogP contribution in [-0.4, -0.2) is 58.1 Å². The second-order valence-corrected chi connectivity index (χ2v) is 11.2. The number of thiazole rings is 1. The number of cyclic esters (lactones) is 1. The zero-order chi connectivity index (χ0) is 26.1. The van der Waals surface area contributed by atoms with Crippen molar-refractivity contribution < 1.29 is 19.4 Å². The van der Waals surface area contributed by atoms with Crippen LogP contribution in [0.2, 0.25) is 0 Å². The molecule has 36 heavy (non-hydrogen) atoms. The van der Waals surface area contributed by atoms with E-state index in [2.05, 4.69) is 4.98 Å². The van der Waals surface area contributed by atoms with Gasteiger partial charge in [-0.2, -0.15) is 0 Å². The molecule has 1 N–H and O–H groups in total. The topological polar surface area (TPSA) is 83.0 Å². The Morgan fingerprint density at radius 1 is 1.19 bits per heavy atom. The quantitative estimate of drug-likeness (QED) is 0.458. The molecule has 190 valence electrons. The van der Waals surface area contributed by atoms with Gasteiger partial charge in [0.1, 0.15) is 15.5 Å². The largest absolute Gasteiger partial charge is 0.438 e. The van der Waals surface area contributed by atoms with Gasteiger partial charge in [-0.1, -0.05) is 54.6 Å². The Morgan fingerprint density at radius 3 is 2.44 bits per heavy atom. The fraction of sp³-hybridized carbons (Fsp3) is 0.393. The third-order valence-electron chi connectivity index (χ3n) is 6.52. The maximum absolute atomic E-state index is 13.3. The van der Waals surface area contributed by atoms with Gasteiger partial charge in [-0.3, -0.25) is 4.79 Å². The summed E-state index contributed by atoms with van der Waals surface area (Å²) >= 11 is 1.36. The molecule has 1 aromatic heterocycles. The van der Waals surface area contributed by atoms with Crippen LogP contribution in [0.3, 0.4) is 0 Å². The van der Waals surface area contributed by atoms with Gasteiger partial charge in [0.05, 0.1) is 17.8 Å². The van der Waals surface area contributed by atoms with Crippen molar-refractivity contribution in [3.63, 3.8) is 0 Å². The highest BCUT2D eigenvalue weighted by atomic mass is 32.1. The van der Waals surface area contributed by atoms with E-state index in [-0.39, 0.29) is 11.9 Å². The van der Waals surface area contributed by atoms with Gasteiger partial charge in [0.2, 0.25) is 0 Å². The minimum atomic E-state index is -0.993. The summed E-state index contributed by atoms with van der Waals surface area (Å²) in [5, 5.41) is 11.4. The zero-order valence-corrected chi connectivity index (χ0v) is 22.2. The Kier molecular flexibility index (Phi) is 7.20. The van der Waals surface area contributed by atoms with E-state index in [1.54, 1.807) is 39.0 Å². The second-order valence-electron chi connectivity index (χ2n) is 10.2. The first-order chi connectivity index (χ1) is 17.0. The number of benzene rings is 2. The number of carbonyl (C=O) groups is 2. The summed E-state index contributed by atoms with van der Waals surface area (Å²) in [5.41, 5.74) is 0.929. The van der Waals surface area contributed by atoms with Gasteiger partial charge >= 0.3 is 6.09 Å². The highest BCUT2D eigenvalue weighted by molar-refractivity contribution is 7.16. The Bertz CT molecular complexity index is 1220. The number of hydrogen-bond donors (Lipinski definition) is 1. The van der Waals surface area contributed by atoms with Crippen LogP contribution in [0, 0.1) is 0 Å². The van der Waals surface area contributed by atoms with Crippen molar-refractivity contribution >= 4 is 23.3 Å². The lowest BCUT2D eigenvalue weighted by Crippen LogP contribution is -2.51. The minimum absolute atomic E-state index is 0.0660. The van der Waals surface area contributed by atoms with E-state index < -0.39 is 17.3 Å². The van der Waals surface area contributed by atoms with Gasteiger partial charge in [-0.15, -0.1) is 11.3 Å². The molecular weight excluding hydrogens is 474 g/mol. The van der Waals surface area contributed by atoms with Gasteiger partial charge < -0.3 is 19.6 Å². The maximum Gasteiger partial charge on any atom is 0.411 e. The summed E-state index contributed by atoms with van der Waals surface area (Å²) in [6.07, 6.45) is 2.11. The number of carbonyl (C=O) groups excluding carboxylic acids is 2. The van der Waals surface area contributed by atoms with Gasteiger partial charge in [0.25, 0.3) is 5.91 Å². The molecule has 2 amide bonds. The zero-order valence-electron chi connectivity index (χ0n) is 21.4. The molecule has 0 saturated carbocycles. The van der Waals surface area contributed by atoms with Crippen molar-refractivity contribution in [2.24, 2.45) is 0 Å². The molecule has 2 heterocycles. The van der Waals surface area contributed by atoms with Crippen LogP contribution in [0.4, 0.5) is 4.79 Å². The lowest BCUT2D eigenvalue weighted by atomic mass is 9.80. The minimum Gasteiger partial charge on any atom is -0.438 e. The molecule has 3 aromatic rings. The smallest absolute Gasteiger partial charge is 0.411 e. The van der Waals surface area contributed by atoms with Crippen LogP contribution in [-0.2, 0) is 10.3 Å². The monoisotopic (exact) mass is 507 g/mol. The number of nitrogens with zero attached hydrogens (tertiary/aromatic N) is 3. The average Bonchev–Trinajstić information content (AvgIpc) is 3.33. The summed E-state index contributed by atoms with van der Waals surface area (Å²) in [7, 11) is 3.44. The molecule has 2 aromatic carbocycles. The molecule has 0 aliphatic carbocycles. The molecule has 4 rings (SSSR count). The molecule has 1 saturated heterocycles. The Hall–Kier alpha value is -3.23. The molecule has 7 nitrogen and oxygen atoms in total. The van der Waals surface area contributed by atoms with E-state index in [9.17, 15) is 14.7 Å².